The molecule has 0 aromatic rings. The number of likely N-dealkylation sites (tertiary alicyclic amines) is 1. The van der Waals surface area contributed by atoms with Crippen LogP contribution in [-0.4, -0.2) is 35.4 Å². The average Bonchev–Trinajstić information content (AvgIpc) is 2.98. The molecule has 1 unspecified atom stereocenters. The highest BCUT2D eigenvalue weighted by molar-refractivity contribution is 14.1. The van der Waals surface area contributed by atoms with Gasteiger partial charge in [0.05, 0.1) is 0 Å². The van der Waals surface area contributed by atoms with Crippen LogP contribution < -0.4 is 0 Å². The summed E-state index contributed by atoms with van der Waals surface area (Å²) in [6, 6.07) is 0. The molecule has 4 nitrogen and oxygen atoms in total. The third-order valence-corrected chi connectivity index (χ3v) is 5.80. The van der Waals surface area contributed by atoms with Gasteiger partial charge in [-0.2, -0.15) is 0 Å². The number of rotatable bonds is 2. The number of hydrogen-bond acceptors (Lipinski definition) is 4. The fourth-order valence-electron chi connectivity index (χ4n) is 2.48. The minimum atomic E-state index is -0.347. The molecule has 0 bridgehead atoms. The zero-order valence-corrected chi connectivity index (χ0v) is 13.6. The van der Waals surface area contributed by atoms with Crippen molar-refractivity contribution in [3.8, 4) is 0 Å². The van der Waals surface area contributed by atoms with Gasteiger partial charge in [-0.05, 0) is 31.1 Å². The molecule has 3 aliphatic heterocycles. The summed E-state index contributed by atoms with van der Waals surface area (Å²) < 4.78 is 8.56. The Morgan fingerprint density at radius 1 is 1.37 bits per heavy atom. The Kier molecular flexibility index (Phi) is 4.47. The van der Waals surface area contributed by atoms with Gasteiger partial charge in [-0.25, -0.2) is 6.35 Å². The summed E-state index contributed by atoms with van der Waals surface area (Å²) >= 11 is 1.39. The largest absolute Gasteiger partial charge is 0.339 e. The van der Waals surface area contributed by atoms with Crippen molar-refractivity contribution in [1.82, 2.24) is 4.90 Å². The number of carbonyl (C=O) groups excluding carboxylic acids is 1. The normalized spacial score (nSPS) is 26.7. The van der Waals surface area contributed by atoms with Crippen molar-refractivity contribution < 1.29 is 4.79 Å². The molecule has 3 heterocycles. The van der Waals surface area contributed by atoms with Crippen LogP contribution in [0.1, 0.15) is 25.7 Å². The van der Waals surface area contributed by atoms with Gasteiger partial charge in [0, 0.05) is 41.9 Å². The Hall–Kier alpha value is -0.500. The van der Waals surface area contributed by atoms with Gasteiger partial charge in [-0.15, -0.1) is 11.8 Å². The molecule has 0 spiro atoms. The van der Waals surface area contributed by atoms with E-state index in [9.17, 15) is 4.79 Å². The number of thioether (sulfide) groups is 1. The highest BCUT2D eigenvalue weighted by Crippen LogP contribution is 2.36. The van der Waals surface area contributed by atoms with E-state index in [1.807, 2.05) is 22.7 Å². The first-order valence-electron chi connectivity index (χ1n) is 6.55. The molecule has 19 heavy (non-hydrogen) atoms. The molecule has 6 heteroatoms. The van der Waals surface area contributed by atoms with Crippen LogP contribution in [0.4, 0.5) is 0 Å². The number of hydrogen-bond donors (Lipinski definition) is 0. The number of carbonyl (C=O) groups is 1. The molecule has 1 saturated heterocycles. The molecule has 0 aromatic heterocycles. The van der Waals surface area contributed by atoms with Crippen LogP contribution >= 0.6 is 33.1 Å². The van der Waals surface area contributed by atoms with Gasteiger partial charge in [0.15, 0.2) is 0 Å². The van der Waals surface area contributed by atoms with Crippen LogP contribution in [0.3, 0.4) is 0 Å². The Balaban J connectivity index is 1.61. The van der Waals surface area contributed by atoms with Gasteiger partial charge >= 0.3 is 0 Å². The summed E-state index contributed by atoms with van der Waals surface area (Å²) in [6.07, 6.45) is 8.27. The summed E-state index contributed by atoms with van der Waals surface area (Å²) in [4.78, 5) is 14.4. The smallest absolute Gasteiger partial charge is 0.250 e. The van der Waals surface area contributed by atoms with E-state index in [1.54, 1.807) is 11.8 Å². The van der Waals surface area contributed by atoms with E-state index in [2.05, 4.69) is 6.35 Å². The van der Waals surface area contributed by atoms with Crippen molar-refractivity contribution >= 4 is 45.2 Å². The molecule has 3 rings (SSSR count). The minimum absolute atomic E-state index is 0.243. The van der Waals surface area contributed by atoms with Gasteiger partial charge in [0.25, 0.3) is 0 Å². The summed E-state index contributed by atoms with van der Waals surface area (Å²) in [7, 11) is 0. The SMILES string of the molecule is O=C(C1=CSC(C2=CN=IN=C2)C1)N1CCCCC1. The lowest BCUT2D eigenvalue weighted by Crippen LogP contribution is -2.36. The predicted molar refractivity (Wildman–Crippen MR) is 87.5 cm³/mol. The molecule has 1 fully saturated rings. The first kappa shape index (κ1) is 13.5. The van der Waals surface area contributed by atoms with Crippen molar-refractivity contribution in [3.05, 3.63) is 22.8 Å². The van der Waals surface area contributed by atoms with Crippen molar-refractivity contribution in [3.63, 3.8) is 0 Å². The van der Waals surface area contributed by atoms with Gasteiger partial charge in [0.1, 0.15) is 21.3 Å². The van der Waals surface area contributed by atoms with E-state index < -0.39 is 0 Å². The monoisotopic (exact) mass is 389 g/mol. The number of nitrogens with zero attached hydrogens (tertiary/aromatic N) is 3. The number of halogens is 1. The molecular formula is C13H16IN3OS. The molecule has 3 aliphatic rings. The molecule has 0 aromatic carbocycles. The molecule has 1 amide bonds. The van der Waals surface area contributed by atoms with Crippen LogP contribution in [0.15, 0.2) is 29.1 Å². The Morgan fingerprint density at radius 2 is 2.21 bits per heavy atom. The first-order chi connectivity index (χ1) is 9.34. The van der Waals surface area contributed by atoms with E-state index in [4.69, 9.17) is 0 Å². The molecule has 102 valence electrons. The fraction of sp³-hybridized carbons (Fsp3) is 0.538. The highest BCUT2D eigenvalue weighted by atomic mass is 127. The van der Waals surface area contributed by atoms with Crippen molar-refractivity contribution in [2.24, 2.45) is 6.35 Å². The Labute approximate surface area is 127 Å². The third kappa shape index (κ3) is 3.16. The first-order valence-corrected chi connectivity index (χ1v) is 9.43. The average molecular weight is 389 g/mol. The summed E-state index contributed by atoms with van der Waals surface area (Å²) in [5, 5.41) is 2.38. The second-order valence-corrected chi connectivity index (χ2v) is 7.48. The third-order valence-electron chi connectivity index (χ3n) is 3.55. The van der Waals surface area contributed by atoms with E-state index in [-0.39, 0.29) is 27.2 Å². The maximum Gasteiger partial charge on any atom is 0.250 e. The molecular weight excluding hydrogens is 373 g/mol. The predicted octanol–water partition coefficient (Wildman–Crippen LogP) is 3.43. The second kappa shape index (κ2) is 6.30. The van der Waals surface area contributed by atoms with E-state index in [1.165, 1.54) is 6.42 Å². The van der Waals surface area contributed by atoms with E-state index >= 15 is 0 Å². The quantitative estimate of drug-likeness (QED) is 0.680. The Morgan fingerprint density at radius 3 is 2.95 bits per heavy atom. The maximum atomic E-state index is 12.4. The van der Waals surface area contributed by atoms with Gasteiger partial charge in [-0.1, -0.05) is 0 Å². The van der Waals surface area contributed by atoms with Crippen LogP contribution in [-0.2, 0) is 4.79 Å². The lowest BCUT2D eigenvalue weighted by atomic mass is 10.0. The number of piperidine rings is 1. The molecule has 0 aliphatic carbocycles. The van der Waals surface area contributed by atoms with Crippen molar-refractivity contribution in [2.75, 3.05) is 13.1 Å². The van der Waals surface area contributed by atoms with Gasteiger partial charge < -0.3 is 4.90 Å². The number of amides is 1. The molecule has 0 radical (unpaired) electrons. The van der Waals surface area contributed by atoms with E-state index in [0.717, 1.165) is 43.5 Å². The Bertz CT molecular complexity index is 492. The molecule has 0 saturated carbocycles. The zero-order valence-electron chi connectivity index (χ0n) is 10.6. The summed E-state index contributed by atoms with van der Waals surface area (Å²) in [5.41, 5.74) is 2.13. The highest BCUT2D eigenvalue weighted by Gasteiger charge is 2.28. The minimum Gasteiger partial charge on any atom is -0.339 e. The lowest BCUT2D eigenvalue weighted by Gasteiger charge is -2.27. The van der Waals surface area contributed by atoms with Crippen LogP contribution in [0.2, 0.25) is 0 Å². The second-order valence-electron chi connectivity index (χ2n) is 4.85. The standard InChI is InChI=1S/C13H16IN3OS/c18-13(17-4-2-1-3-5-17)10-6-12(19-9-10)11-7-15-14-16-8-11/h7-9,12H,1-6H2. The maximum absolute atomic E-state index is 12.4. The lowest BCUT2D eigenvalue weighted by molar-refractivity contribution is -0.128. The van der Waals surface area contributed by atoms with E-state index in [0.29, 0.717) is 5.25 Å². The van der Waals surface area contributed by atoms with Gasteiger partial charge in [0.2, 0.25) is 5.91 Å². The van der Waals surface area contributed by atoms with Crippen LogP contribution in [0.5, 0.6) is 0 Å². The van der Waals surface area contributed by atoms with Crippen LogP contribution in [0, 0.1) is 0 Å². The van der Waals surface area contributed by atoms with Crippen LogP contribution in [0.25, 0.3) is 0 Å². The van der Waals surface area contributed by atoms with Gasteiger partial charge in [-0.3, -0.25) is 4.79 Å². The van der Waals surface area contributed by atoms with Crippen molar-refractivity contribution in [2.45, 2.75) is 30.9 Å². The van der Waals surface area contributed by atoms with Crippen molar-refractivity contribution in [1.29, 1.82) is 0 Å². The summed E-state index contributed by atoms with van der Waals surface area (Å²) in [6.45, 7) is 1.85. The summed E-state index contributed by atoms with van der Waals surface area (Å²) in [5.74, 6) is 0.243. The molecule has 0 N–H and O–H groups in total. The fourth-order valence-corrected chi connectivity index (χ4v) is 4.59. The zero-order chi connectivity index (χ0) is 13.1. The topological polar surface area (TPSA) is 45.0 Å². The molecule has 1 atom stereocenters.